The second-order valence-electron chi connectivity index (χ2n) is 4.81. The van der Waals surface area contributed by atoms with Gasteiger partial charge in [0.25, 0.3) is 5.91 Å². The summed E-state index contributed by atoms with van der Waals surface area (Å²) in [6.45, 7) is 2.50. The van der Waals surface area contributed by atoms with E-state index in [4.69, 9.17) is 0 Å². The Morgan fingerprint density at radius 1 is 1.50 bits per heavy atom. The van der Waals surface area contributed by atoms with Crippen molar-refractivity contribution in [1.82, 2.24) is 4.90 Å². The van der Waals surface area contributed by atoms with Crippen LogP contribution >= 0.6 is 15.9 Å². The van der Waals surface area contributed by atoms with Crippen LogP contribution in [0, 0.1) is 0 Å². The minimum atomic E-state index is -0.471. The average molecular weight is 312 g/mol. The van der Waals surface area contributed by atoms with Crippen LogP contribution in [0.5, 0.6) is 0 Å². The van der Waals surface area contributed by atoms with Crippen molar-refractivity contribution < 1.29 is 9.90 Å². The number of rotatable bonds is 2. The number of likely N-dealkylation sites (tertiary alicyclic amines) is 1. The van der Waals surface area contributed by atoms with E-state index in [1.807, 2.05) is 29.2 Å². The molecule has 1 aromatic carbocycles. The standard InChI is InChI=1S/C14H18BrNO2/c1-10(17)13-7-2-3-8-16(13)14(18)11-5-4-6-12(15)9-11/h4-6,9-10,13,17H,2-3,7-8H2,1H3. The number of hydrogen-bond donors (Lipinski definition) is 1. The molecule has 0 radical (unpaired) electrons. The lowest BCUT2D eigenvalue weighted by Gasteiger charge is -2.37. The second kappa shape index (κ2) is 5.85. The highest BCUT2D eigenvalue weighted by atomic mass is 79.9. The molecule has 0 spiro atoms. The summed E-state index contributed by atoms with van der Waals surface area (Å²) in [6.07, 6.45) is 2.51. The van der Waals surface area contributed by atoms with E-state index in [1.165, 1.54) is 0 Å². The largest absolute Gasteiger partial charge is 0.391 e. The fraction of sp³-hybridized carbons (Fsp3) is 0.500. The lowest BCUT2D eigenvalue weighted by Crippen LogP contribution is -2.48. The number of aliphatic hydroxyl groups is 1. The van der Waals surface area contributed by atoms with Gasteiger partial charge in [-0.05, 0) is 44.4 Å². The van der Waals surface area contributed by atoms with E-state index < -0.39 is 6.10 Å². The third kappa shape index (κ3) is 2.93. The highest BCUT2D eigenvalue weighted by Gasteiger charge is 2.30. The van der Waals surface area contributed by atoms with E-state index in [2.05, 4.69) is 15.9 Å². The van der Waals surface area contributed by atoms with Gasteiger partial charge in [0.15, 0.2) is 0 Å². The molecule has 1 aromatic rings. The Morgan fingerprint density at radius 3 is 2.94 bits per heavy atom. The van der Waals surface area contributed by atoms with Gasteiger partial charge in [0, 0.05) is 16.6 Å². The Morgan fingerprint density at radius 2 is 2.28 bits per heavy atom. The fourth-order valence-corrected chi connectivity index (χ4v) is 2.90. The molecule has 1 amide bonds. The number of carbonyl (C=O) groups is 1. The third-order valence-corrected chi connectivity index (χ3v) is 3.93. The first-order chi connectivity index (χ1) is 8.59. The number of amides is 1. The summed E-state index contributed by atoms with van der Waals surface area (Å²) in [6, 6.07) is 7.36. The molecule has 1 heterocycles. The van der Waals surface area contributed by atoms with Gasteiger partial charge in [-0.2, -0.15) is 0 Å². The first-order valence-electron chi connectivity index (χ1n) is 6.34. The van der Waals surface area contributed by atoms with Crippen molar-refractivity contribution in [2.24, 2.45) is 0 Å². The molecule has 18 heavy (non-hydrogen) atoms. The number of aliphatic hydroxyl groups excluding tert-OH is 1. The Hall–Kier alpha value is -0.870. The van der Waals surface area contributed by atoms with Crippen molar-refractivity contribution in [2.45, 2.75) is 38.3 Å². The molecule has 1 aliphatic rings. The molecule has 3 nitrogen and oxygen atoms in total. The minimum absolute atomic E-state index is 0.0156. The van der Waals surface area contributed by atoms with Gasteiger partial charge in [0.2, 0.25) is 0 Å². The molecular weight excluding hydrogens is 294 g/mol. The van der Waals surface area contributed by atoms with Crippen LogP contribution in [0.2, 0.25) is 0 Å². The van der Waals surface area contributed by atoms with E-state index in [0.29, 0.717) is 5.56 Å². The van der Waals surface area contributed by atoms with E-state index in [-0.39, 0.29) is 11.9 Å². The fourth-order valence-electron chi connectivity index (χ4n) is 2.50. The van der Waals surface area contributed by atoms with Crippen molar-refractivity contribution >= 4 is 21.8 Å². The Bertz CT molecular complexity index is 434. The molecule has 98 valence electrons. The molecule has 4 heteroatoms. The van der Waals surface area contributed by atoms with Crippen molar-refractivity contribution in [1.29, 1.82) is 0 Å². The highest BCUT2D eigenvalue weighted by molar-refractivity contribution is 9.10. The van der Waals surface area contributed by atoms with Crippen molar-refractivity contribution in [3.8, 4) is 0 Å². The van der Waals surface area contributed by atoms with Crippen molar-refractivity contribution in [2.75, 3.05) is 6.54 Å². The molecule has 2 atom stereocenters. The topological polar surface area (TPSA) is 40.5 Å². The van der Waals surface area contributed by atoms with E-state index in [0.717, 1.165) is 30.3 Å². The monoisotopic (exact) mass is 311 g/mol. The van der Waals surface area contributed by atoms with E-state index >= 15 is 0 Å². The predicted molar refractivity (Wildman–Crippen MR) is 74.5 cm³/mol. The zero-order chi connectivity index (χ0) is 13.1. The second-order valence-corrected chi connectivity index (χ2v) is 5.73. The molecule has 0 saturated carbocycles. The zero-order valence-corrected chi connectivity index (χ0v) is 12.1. The Labute approximate surface area is 116 Å². The van der Waals surface area contributed by atoms with E-state index in [1.54, 1.807) is 6.92 Å². The maximum Gasteiger partial charge on any atom is 0.254 e. The molecule has 2 unspecified atom stereocenters. The molecule has 1 fully saturated rings. The van der Waals surface area contributed by atoms with Gasteiger partial charge >= 0.3 is 0 Å². The summed E-state index contributed by atoms with van der Waals surface area (Å²) >= 11 is 3.38. The summed E-state index contributed by atoms with van der Waals surface area (Å²) in [5.74, 6) is 0.0156. The number of piperidine rings is 1. The van der Waals surface area contributed by atoms with Crippen LogP contribution in [-0.4, -0.2) is 34.6 Å². The Balaban J connectivity index is 2.21. The van der Waals surface area contributed by atoms with Gasteiger partial charge in [-0.1, -0.05) is 22.0 Å². The number of benzene rings is 1. The SMILES string of the molecule is CC(O)C1CCCCN1C(=O)c1cccc(Br)c1. The number of carbonyl (C=O) groups excluding carboxylic acids is 1. The normalized spacial score (nSPS) is 21.7. The third-order valence-electron chi connectivity index (χ3n) is 3.44. The number of hydrogen-bond acceptors (Lipinski definition) is 2. The zero-order valence-electron chi connectivity index (χ0n) is 10.5. The lowest BCUT2D eigenvalue weighted by atomic mass is 9.97. The van der Waals surface area contributed by atoms with E-state index in [9.17, 15) is 9.90 Å². The summed E-state index contributed by atoms with van der Waals surface area (Å²) in [4.78, 5) is 14.3. The highest BCUT2D eigenvalue weighted by Crippen LogP contribution is 2.23. The maximum absolute atomic E-state index is 12.5. The van der Waals surface area contributed by atoms with Crippen LogP contribution in [0.1, 0.15) is 36.5 Å². The van der Waals surface area contributed by atoms with Gasteiger partial charge in [-0.15, -0.1) is 0 Å². The van der Waals surface area contributed by atoms with Gasteiger partial charge in [-0.25, -0.2) is 0 Å². The molecule has 0 aliphatic carbocycles. The molecule has 1 N–H and O–H groups in total. The van der Waals surface area contributed by atoms with Gasteiger partial charge in [-0.3, -0.25) is 4.79 Å². The van der Waals surface area contributed by atoms with Crippen LogP contribution < -0.4 is 0 Å². The van der Waals surface area contributed by atoms with Gasteiger partial charge in [0.1, 0.15) is 0 Å². The average Bonchev–Trinajstić information content (AvgIpc) is 2.38. The van der Waals surface area contributed by atoms with Crippen LogP contribution in [0.3, 0.4) is 0 Å². The summed E-state index contributed by atoms with van der Waals surface area (Å²) in [5.41, 5.74) is 0.678. The van der Waals surface area contributed by atoms with Crippen LogP contribution in [0.25, 0.3) is 0 Å². The summed E-state index contributed by atoms with van der Waals surface area (Å²) < 4.78 is 0.902. The van der Waals surface area contributed by atoms with Crippen molar-refractivity contribution in [3.63, 3.8) is 0 Å². The maximum atomic E-state index is 12.5. The number of nitrogens with zero attached hydrogens (tertiary/aromatic N) is 1. The molecular formula is C14H18BrNO2. The molecule has 1 aliphatic heterocycles. The first-order valence-corrected chi connectivity index (χ1v) is 7.13. The quantitative estimate of drug-likeness (QED) is 0.912. The molecule has 0 aromatic heterocycles. The van der Waals surface area contributed by atoms with Gasteiger partial charge in [0.05, 0.1) is 12.1 Å². The number of halogens is 1. The summed E-state index contributed by atoms with van der Waals surface area (Å²) in [5, 5.41) is 9.79. The Kier molecular flexibility index (Phi) is 4.40. The van der Waals surface area contributed by atoms with Crippen LogP contribution in [0.4, 0.5) is 0 Å². The molecule has 0 bridgehead atoms. The molecule has 2 rings (SSSR count). The first kappa shape index (κ1) is 13.6. The molecule has 1 saturated heterocycles. The van der Waals surface area contributed by atoms with Crippen LogP contribution in [-0.2, 0) is 0 Å². The summed E-state index contributed by atoms with van der Waals surface area (Å²) in [7, 11) is 0. The van der Waals surface area contributed by atoms with Crippen molar-refractivity contribution in [3.05, 3.63) is 34.3 Å². The smallest absolute Gasteiger partial charge is 0.254 e. The van der Waals surface area contributed by atoms with Crippen LogP contribution in [0.15, 0.2) is 28.7 Å². The van der Waals surface area contributed by atoms with Gasteiger partial charge < -0.3 is 10.0 Å². The minimum Gasteiger partial charge on any atom is -0.391 e. The predicted octanol–water partition coefficient (Wildman–Crippen LogP) is 2.82. The lowest BCUT2D eigenvalue weighted by molar-refractivity contribution is 0.0281.